The van der Waals surface area contributed by atoms with E-state index in [9.17, 15) is 28.1 Å². The number of alkyl halides is 3. The van der Waals surface area contributed by atoms with Crippen molar-refractivity contribution < 1.29 is 37.1 Å². The van der Waals surface area contributed by atoms with Crippen molar-refractivity contribution in [2.75, 3.05) is 20.2 Å². The van der Waals surface area contributed by atoms with Gasteiger partial charge in [0, 0.05) is 25.1 Å². The summed E-state index contributed by atoms with van der Waals surface area (Å²) in [6.07, 6.45) is -3.47. The van der Waals surface area contributed by atoms with Crippen molar-refractivity contribution >= 4 is 11.7 Å². The van der Waals surface area contributed by atoms with E-state index in [-0.39, 0.29) is 42.7 Å². The van der Waals surface area contributed by atoms with Crippen molar-refractivity contribution in [2.24, 2.45) is 0 Å². The number of rotatable bonds is 7. The number of benzene rings is 2. The first-order valence-corrected chi connectivity index (χ1v) is 11.5. The molecule has 0 saturated heterocycles. The van der Waals surface area contributed by atoms with Gasteiger partial charge in [0.05, 0.1) is 19.1 Å². The summed E-state index contributed by atoms with van der Waals surface area (Å²) in [4.78, 5) is 30.7. The highest BCUT2D eigenvalue weighted by Crippen LogP contribution is 2.31. The lowest BCUT2D eigenvalue weighted by molar-refractivity contribution is -0.389. The first-order valence-electron chi connectivity index (χ1n) is 11.5. The number of aromatic nitrogens is 2. The van der Waals surface area contributed by atoms with Crippen LogP contribution in [0, 0.1) is 10.1 Å². The fraction of sp³-hybridized carbons (Fsp3) is 0.333. The van der Waals surface area contributed by atoms with Crippen molar-refractivity contribution in [3.05, 3.63) is 69.9 Å². The number of halogens is 3. The van der Waals surface area contributed by atoms with Crippen LogP contribution in [0.25, 0.3) is 0 Å². The molecule has 2 aliphatic rings. The monoisotopic (exact) mass is 533 g/mol. The van der Waals surface area contributed by atoms with Crippen LogP contribution in [-0.2, 0) is 24.4 Å². The molecule has 1 aromatic heterocycles. The van der Waals surface area contributed by atoms with E-state index in [1.54, 1.807) is 18.0 Å². The van der Waals surface area contributed by atoms with Gasteiger partial charge in [0.25, 0.3) is 0 Å². The van der Waals surface area contributed by atoms with Gasteiger partial charge in [-0.1, -0.05) is 6.07 Å². The van der Waals surface area contributed by atoms with E-state index in [2.05, 4.69) is 9.72 Å². The maximum atomic E-state index is 13.0. The fourth-order valence-corrected chi connectivity index (χ4v) is 4.37. The van der Waals surface area contributed by atoms with Gasteiger partial charge < -0.3 is 29.2 Å². The highest BCUT2D eigenvalue weighted by atomic mass is 19.4. The number of imidazole rings is 1. The Morgan fingerprint density at radius 1 is 1.16 bits per heavy atom. The molecule has 0 spiro atoms. The summed E-state index contributed by atoms with van der Waals surface area (Å²) in [5.74, 6) is 0.105. The molecule has 0 fully saturated rings. The lowest BCUT2D eigenvalue weighted by atomic mass is 10.1. The molecule has 0 aliphatic carbocycles. The van der Waals surface area contributed by atoms with Crippen molar-refractivity contribution in [1.82, 2.24) is 19.4 Å². The van der Waals surface area contributed by atoms with E-state index in [0.29, 0.717) is 31.1 Å². The second-order valence-corrected chi connectivity index (χ2v) is 8.96. The normalized spacial score (nSPS) is 16.8. The maximum absolute atomic E-state index is 13.0. The van der Waals surface area contributed by atoms with Crippen molar-refractivity contribution in [1.29, 1.82) is 0 Å². The maximum Gasteiger partial charge on any atom is 0.573 e. The van der Waals surface area contributed by atoms with Gasteiger partial charge in [0.1, 0.15) is 30.1 Å². The third-order valence-electron chi connectivity index (χ3n) is 6.29. The second kappa shape index (κ2) is 9.85. The van der Waals surface area contributed by atoms with Crippen LogP contribution in [0.4, 0.5) is 19.0 Å². The van der Waals surface area contributed by atoms with Gasteiger partial charge in [-0.2, -0.15) is 0 Å². The molecular formula is C24H22F3N5O6. The smallest absolute Gasteiger partial charge is 0.457 e. The average Bonchev–Trinajstić information content (AvgIpc) is 3.46. The Hall–Kier alpha value is -4.33. The molecule has 5 rings (SSSR count). The van der Waals surface area contributed by atoms with Crippen LogP contribution < -0.4 is 14.2 Å². The topological polar surface area (TPSA) is 112 Å². The van der Waals surface area contributed by atoms with Crippen molar-refractivity contribution in [2.45, 2.75) is 32.0 Å². The summed E-state index contributed by atoms with van der Waals surface area (Å²) >= 11 is 0. The third kappa shape index (κ3) is 5.64. The molecule has 0 radical (unpaired) electrons. The predicted molar refractivity (Wildman–Crippen MR) is 125 cm³/mol. The van der Waals surface area contributed by atoms with Gasteiger partial charge in [0.15, 0.2) is 0 Å². The molecule has 38 heavy (non-hydrogen) atoms. The van der Waals surface area contributed by atoms with E-state index in [4.69, 9.17) is 9.47 Å². The quantitative estimate of drug-likeness (QED) is 0.334. The Morgan fingerprint density at radius 3 is 2.55 bits per heavy atom. The number of nitro groups is 1. The number of hydrogen-bond acceptors (Lipinski definition) is 8. The number of amides is 1. The molecule has 3 heterocycles. The molecule has 2 aliphatic heterocycles. The zero-order valence-electron chi connectivity index (χ0n) is 20.1. The lowest BCUT2D eigenvalue weighted by Gasteiger charge is -2.31. The molecule has 11 nitrogen and oxygen atoms in total. The molecule has 1 atom stereocenters. The second-order valence-electron chi connectivity index (χ2n) is 8.96. The summed E-state index contributed by atoms with van der Waals surface area (Å²) in [6, 6.07) is 10.5. The first kappa shape index (κ1) is 25.3. The number of hydrogen-bond donors (Lipinski definition) is 0. The zero-order valence-corrected chi connectivity index (χ0v) is 20.1. The Morgan fingerprint density at radius 2 is 1.84 bits per heavy atom. The van der Waals surface area contributed by atoms with Crippen LogP contribution >= 0.6 is 0 Å². The van der Waals surface area contributed by atoms with E-state index in [1.165, 1.54) is 35.0 Å². The van der Waals surface area contributed by atoms with Crippen LogP contribution in [0.3, 0.4) is 0 Å². The minimum Gasteiger partial charge on any atom is -0.457 e. The minimum absolute atomic E-state index is 0.123. The zero-order chi connectivity index (χ0) is 27.0. The standard InChI is InChI=1S/C24H22F3N5O6/c1-29(17-11-31-12-21(32(34)35)28-23(31)36-14-17)22(33)13-30-9-15-2-3-20(8-16(15)10-30)37-18-4-6-19(7-5-18)38-24(25,26)27/h2-8,12,17H,9-11,13-14H2,1H3/t17-/m0/s1. The van der Waals surface area contributed by atoms with Crippen molar-refractivity contribution in [3.8, 4) is 23.3 Å². The number of carbonyl (C=O) groups excluding carboxylic acids is 1. The van der Waals surface area contributed by atoms with Gasteiger partial charge in [-0.25, -0.2) is 0 Å². The summed E-state index contributed by atoms with van der Waals surface area (Å²) in [6.45, 7) is 1.76. The fourth-order valence-electron chi connectivity index (χ4n) is 4.37. The van der Waals surface area contributed by atoms with Gasteiger partial charge in [-0.15, -0.1) is 13.2 Å². The third-order valence-corrected chi connectivity index (χ3v) is 6.29. The van der Waals surface area contributed by atoms with E-state index in [0.717, 1.165) is 11.1 Å². The molecule has 0 bridgehead atoms. The van der Waals surface area contributed by atoms with Gasteiger partial charge in [-0.05, 0) is 52.4 Å². The van der Waals surface area contributed by atoms with Crippen LogP contribution in [0.15, 0.2) is 48.7 Å². The number of carbonyl (C=O) groups is 1. The SMILES string of the molecule is CN(C(=O)CN1Cc2ccc(Oc3ccc(OC(F)(F)F)cc3)cc2C1)[C@@H]1COc2nc([N+](=O)[O-])cn2C1. The van der Waals surface area contributed by atoms with Gasteiger partial charge in [0.2, 0.25) is 5.91 Å². The summed E-state index contributed by atoms with van der Waals surface area (Å²) in [7, 11) is 1.67. The van der Waals surface area contributed by atoms with Crippen LogP contribution in [0.2, 0.25) is 0 Å². The van der Waals surface area contributed by atoms with Gasteiger partial charge >= 0.3 is 18.2 Å². The molecule has 1 amide bonds. The number of likely N-dealkylation sites (N-methyl/N-ethyl adjacent to an activating group) is 1. The summed E-state index contributed by atoms with van der Waals surface area (Å²) < 4.78 is 53.7. The Bertz CT molecular complexity index is 1360. The molecule has 2 aromatic carbocycles. The van der Waals surface area contributed by atoms with E-state index >= 15 is 0 Å². The molecule has 3 aromatic rings. The van der Waals surface area contributed by atoms with Crippen molar-refractivity contribution in [3.63, 3.8) is 0 Å². The van der Waals surface area contributed by atoms with E-state index < -0.39 is 11.3 Å². The number of nitrogens with zero attached hydrogens (tertiary/aromatic N) is 5. The van der Waals surface area contributed by atoms with Crippen LogP contribution in [0.5, 0.6) is 23.3 Å². The largest absolute Gasteiger partial charge is 0.573 e. The van der Waals surface area contributed by atoms with Crippen LogP contribution in [0.1, 0.15) is 11.1 Å². The Labute approximate surface area is 214 Å². The lowest BCUT2D eigenvalue weighted by Crippen LogP contribution is -2.48. The average molecular weight is 533 g/mol. The first-order chi connectivity index (χ1) is 18.0. The molecular weight excluding hydrogens is 511 g/mol. The highest BCUT2D eigenvalue weighted by molar-refractivity contribution is 5.78. The highest BCUT2D eigenvalue weighted by Gasteiger charge is 2.33. The summed E-state index contributed by atoms with van der Waals surface area (Å²) in [5, 5.41) is 11.0. The number of fused-ring (bicyclic) bond motifs is 2. The number of ether oxygens (including phenoxy) is 3. The molecule has 200 valence electrons. The van der Waals surface area contributed by atoms with Gasteiger partial charge in [-0.3, -0.25) is 14.3 Å². The Kier molecular flexibility index (Phi) is 6.57. The van der Waals surface area contributed by atoms with E-state index in [1.807, 2.05) is 17.0 Å². The van der Waals surface area contributed by atoms with Crippen LogP contribution in [-0.4, -0.2) is 62.8 Å². The molecule has 0 saturated carbocycles. The molecule has 0 unspecified atom stereocenters. The summed E-state index contributed by atoms with van der Waals surface area (Å²) in [5.41, 5.74) is 2.02. The Balaban J connectivity index is 1.16. The molecule has 14 heteroatoms. The molecule has 0 N–H and O–H groups in total. The minimum atomic E-state index is -4.76. The predicted octanol–water partition coefficient (Wildman–Crippen LogP) is 3.72.